The number of nitrogens with zero attached hydrogens (tertiary/aromatic N) is 4. The standard InChI is InChI=1S/C20H20BrN5O3/c1-26(2)18(27)12-29-19-16(21)8-13(9-17(19)28-3)10-22-24-20-15-7-5-4-6-14(15)11-23-25-20/h4-11H,12H2,1-3H3,(H,24,25). The maximum absolute atomic E-state index is 11.8. The van der Waals surface area contributed by atoms with E-state index in [0.717, 1.165) is 16.3 Å². The van der Waals surface area contributed by atoms with Crippen LogP contribution in [0.15, 0.2) is 52.2 Å². The summed E-state index contributed by atoms with van der Waals surface area (Å²) in [4.78, 5) is 13.2. The van der Waals surface area contributed by atoms with Gasteiger partial charge in [0.15, 0.2) is 23.9 Å². The normalized spacial score (nSPS) is 10.9. The van der Waals surface area contributed by atoms with E-state index in [1.165, 1.54) is 12.0 Å². The van der Waals surface area contributed by atoms with Crippen molar-refractivity contribution in [3.63, 3.8) is 0 Å². The molecule has 3 aromatic rings. The van der Waals surface area contributed by atoms with Crippen molar-refractivity contribution in [3.05, 3.63) is 52.6 Å². The summed E-state index contributed by atoms with van der Waals surface area (Å²) in [7, 11) is 4.88. The van der Waals surface area contributed by atoms with E-state index in [0.29, 0.717) is 21.8 Å². The fraction of sp³-hybridized carbons (Fsp3) is 0.200. The molecule has 1 aromatic heterocycles. The van der Waals surface area contributed by atoms with Gasteiger partial charge < -0.3 is 14.4 Å². The second-order valence-electron chi connectivity index (χ2n) is 6.26. The van der Waals surface area contributed by atoms with Crippen molar-refractivity contribution in [2.24, 2.45) is 5.10 Å². The van der Waals surface area contributed by atoms with Gasteiger partial charge in [0.2, 0.25) is 0 Å². The Hall–Kier alpha value is -3.20. The Balaban J connectivity index is 1.77. The number of hydrogen-bond donors (Lipinski definition) is 1. The van der Waals surface area contributed by atoms with Crippen LogP contribution in [0.25, 0.3) is 10.8 Å². The fourth-order valence-electron chi connectivity index (χ4n) is 2.50. The van der Waals surface area contributed by atoms with Gasteiger partial charge in [-0.15, -0.1) is 5.10 Å². The van der Waals surface area contributed by atoms with Gasteiger partial charge in [-0.25, -0.2) is 0 Å². The monoisotopic (exact) mass is 457 g/mol. The molecular formula is C20H20BrN5O3. The van der Waals surface area contributed by atoms with Crippen LogP contribution < -0.4 is 14.9 Å². The molecule has 0 saturated carbocycles. The molecule has 1 N–H and O–H groups in total. The molecular weight excluding hydrogens is 438 g/mol. The van der Waals surface area contributed by atoms with Gasteiger partial charge in [-0.1, -0.05) is 24.3 Å². The van der Waals surface area contributed by atoms with Crippen molar-refractivity contribution in [3.8, 4) is 11.5 Å². The molecule has 0 atom stereocenters. The lowest BCUT2D eigenvalue weighted by atomic mass is 10.2. The number of methoxy groups -OCH3 is 1. The van der Waals surface area contributed by atoms with Crippen molar-refractivity contribution in [2.75, 3.05) is 33.2 Å². The molecule has 2 aromatic carbocycles. The molecule has 0 aliphatic heterocycles. The molecule has 8 nitrogen and oxygen atoms in total. The number of carbonyl (C=O) groups excluding carboxylic acids is 1. The molecule has 1 heterocycles. The zero-order chi connectivity index (χ0) is 20.8. The molecule has 0 aliphatic carbocycles. The van der Waals surface area contributed by atoms with Crippen molar-refractivity contribution >= 4 is 44.6 Å². The zero-order valence-electron chi connectivity index (χ0n) is 16.2. The number of hydrogen-bond acceptors (Lipinski definition) is 7. The van der Waals surface area contributed by atoms with Crippen LogP contribution in [0.1, 0.15) is 5.56 Å². The zero-order valence-corrected chi connectivity index (χ0v) is 17.8. The third kappa shape index (κ3) is 5.00. The van der Waals surface area contributed by atoms with E-state index in [9.17, 15) is 4.79 Å². The highest BCUT2D eigenvalue weighted by molar-refractivity contribution is 9.10. The number of amides is 1. The number of fused-ring (bicyclic) bond motifs is 1. The maximum Gasteiger partial charge on any atom is 0.259 e. The first-order valence-electron chi connectivity index (χ1n) is 8.69. The number of benzene rings is 2. The van der Waals surface area contributed by atoms with E-state index in [2.05, 4.69) is 36.7 Å². The van der Waals surface area contributed by atoms with Crippen LogP contribution in [-0.4, -0.2) is 55.0 Å². The number of carbonyl (C=O) groups is 1. The number of likely N-dealkylation sites (N-methyl/N-ethyl adjacent to an activating group) is 1. The average Bonchev–Trinajstić information content (AvgIpc) is 2.72. The molecule has 0 spiro atoms. The smallest absolute Gasteiger partial charge is 0.259 e. The first-order valence-corrected chi connectivity index (χ1v) is 9.49. The molecule has 3 rings (SSSR count). The third-order valence-corrected chi connectivity index (χ3v) is 4.63. The molecule has 0 unspecified atom stereocenters. The highest BCUT2D eigenvalue weighted by Gasteiger charge is 2.14. The molecule has 9 heteroatoms. The second-order valence-corrected chi connectivity index (χ2v) is 7.12. The van der Waals surface area contributed by atoms with E-state index in [4.69, 9.17) is 9.47 Å². The van der Waals surface area contributed by atoms with Crippen LogP contribution in [0.4, 0.5) is 5.82 Å². The van der Waals surface area contributed by atoms with Crippen LogP contribution in [0.2, 0.25) is 0 Å². The summed E-state index contributed by atoms with van der Waals surface area (Å²) < 4.78 is 11.7. The third-order valence-electron chi connectivity index (χ3n) is 4.05. The Morgan fingerprint density at radius 3 is 2.86 bits per heavy atom. The Bertz CT molecular complexity index is 1050. The van der Waals surface area contributed by atoms with Crippen LogP contribution in [0.3, 0.4) is 0 Å². The van der Waals surface area contributed by atoms with Gasteiger partial charge in [-0.3, -0.25) is 10.2 Å². The Labute approximate surface area is 176 Å². The van der Waals surface area contributed by atoms with E-state index in [1.807, 2.05) is 30.3 Å². The molecule has 0 radical (unpaired) electrons. The van der Waals surface area contributed by atoms with E-state index < -0.39 is 0 Å². The lowest BCUT2D eigenvalue weighted by molar-refractivity contribution is -0.130. The largest absolute Gasteiger partial charge is 0.493 e. The van der Waals surface area contributed by atoms with Crippen molar-refractivity contribution < 1.29 is 14.3 Å². The molecule has 1 amide bonds. The van der Waals surface area contributed by atoms with Gasteiger partial charge in [0, 0.05) is 24.9 Å². The first-order chi connectivity index (χ1) is 14.0. The highest BCUT2D eigenvalue weighted by Crippen LogP contribution is 2.36. The Kier molecular flexibility index (Phi) is 6.61. The quantitative estimate of drug-likeness (QED) is 0.432. The van der Waals surface area contributed by atoms with Crippen molar-refractivity contribution in [2.45, 2.75) is 0 Å². The summed E-state index contributed by atoms with van der Waals surface area (Å²) in [5.41, 5.74) is 3.68. The number of ether oxygens (including phenoxy) is 2. The van der Waals surface area contributed by atoms with Gasteiger partial charge in [0.05, 0.1) is 24.0 Å². The van der Waals surface area contributed by atoms with E-state index in [1.54, 1.807) is 32.6 Å². The molecule has 0 saturated heterocycles. The minimum absolute atomic E-state index is 0.0866. The van der Waals surface area contributed by atoms with Crippen LogP contribution in [0.5, 0.6) is 11.5 Å². The number of anilines is 1. The van der Waals surface area contributed by atoms with E-state index >= 15 is 0 Å². The van der Waals surface area contributed by atoms with Gasteiger partial charge >= 0.3 is 0 Å². The molecule has 0 aliphatic rings. The molecule has 0 bridgehead atoms. The van der Waals surface area contributed by atoms with E-state index in [-0.39, 0.29) is 12.5 Å². The second kappa shape index (κ2) is 9.33. The fourth-order valence-corrected chi connectivity index (χ4v) is 3.07. The number of rotatable bonds is 7. The average molecular weight is 458 g/mol. The van der Waals surface area contributed by atoms with Crippen molar-refractivity contribution in [1.29, 1.82) is 0 Å². The van der Waals surface area contributed by atoms with Crippen LogP contribution in [0, 0.1) is 0 Å². The maximum atomic E-state index is 11.8. The molecule has 29 heavy (non-hydrogen) atoms. The van der Waals surface area contributed by atoms with Crippen LogP contribution >= 0.6 is 15.9 Å². The lowest BCUT2D eigenvalue weighted by Crippen LogP contribution is -2.27. The summed E-state index contributed by atoms with van der Waals surface area (Å²) in [5, 5.41) is 14.2. The minimum atomic E-state index is -0.148. The molecule has 150 valence electrons. The van der Waals surface area contributed by atoms with Crippen molar-refractivity contribution in [1.82, 2.24) is 15.1 Å². The van der Waals surface area contributed by atoms with Gasteiger partial charge in [-0.05, 0) is 33.6 Å². The summed E-state index contributed by atoms with van der Waals surface area (Å²) in [6, 6.07) is 11.4. The Morgan fingerprint density at radius 1 is 1.31 bits per heavy atom. The lowest BCUT2D eigenvalue weighted by Gasteiger charge is -2.15. The molecule has 0 fully saturated rings. The Morgan fingerprint density at radius 2 is 2.10 bits per heavy atom. The minimum Gasteiger partial charge on any atom is -0.493 e. The van der Waals surface area contributed by atoms with Gasteiger partial charge in [0.1, 0.15) is 0 Å². The van der Waals surface area contributed by atoms with Crippen LogP contribution in [-0.2, 0) is 4.79 Å². The van der Waals surface area contributed by atoms with Gasteiger partial charge in [0.25, 0.3) is 5.91 Å². The predicted octanol–water partition coefficient (Wildman–Crippen LogP) is 3.31. The predicted molar refractivity (Wildman–Crippen MR) is 116 cm³/mol. The topological polar surface area (TPSA) is 88.9 Å². The summed E-state index contributed by atoms with van der Waals surface area (Å²) in [5.74, 6) is 1.35. The first kappa shape index (κ1) is 20.5. The highest BCUT2D eigenvalue weighted by atomic mass is 79.9. The summed E-state index contributed by atoms with van der Waals surface area (Å²) >= 11 is 3.46. The number of halogens is 1. The summed E-state index contributed by atoms with van der Waals surface area (Å²) in [6.45, 7) is -0.0866. The van der Waals surface area contributed by atoms with Gasteiger partial charge in [-0.2, -0.15) is 10.2 Å². The summed E-state index contributed by atoms with van der Waals surface area (Å²) in [6.07, 6.45) is 3.33. The number of aromatic nitrogens is 2. The number of nitrogens with one attached hydrogen (secondary N) is 1. The SMILES string of the molecule is COc1cc(C=NNc2nncc3ccccc23)cc(Br)c1OCC(=O)N(C)C. The number of hydrazone groups is 1.